The lowest BCUT2D eigenvalue weighted by Gasteiger charge is -2.23. The minimum absolute atomic E-state index is 0.373. The molecule has 80 valence electrons. The van der Waals surface area contributed by atoms with E-state index in [9.17, 15) is 0 Å². The van der Waals surface area contributed by atoms with Crippen molar-refractivity contribution in [3.63, 3.8) is 0 Å². The monoisotopic (exact) mass is 206 g/mol. The van der Waals surface area contributed by atoms with Crippen LogP contribution in [-0.4, -0.2) is 19.1 Å². The van der Waals surface area contributed by atoms with Crippen LogP contribution in [0.15, 0.2) is 0 Å². The van der Waals surface area contributed by atoms with Crippen LogP contribution in [0, 0.1) is 5.92 Å². The van der Waals surface area contributed by atoms with Crippen LogP contribution in [0.25, 0.3) is 0 Å². The summed E-state index contributed by atoms with van der Waals surface area (Å²) in [6, 6.07) is 0. The maximum atomic E-state index is 5.92. The summed E-state index contributed by atoms with van der Waals surface area (Å²) in [5.41, 5.74) is 0. The summed E-state index contributed by atoms with van der Waals surface area (Å²) in [6.07, 6.45) is 6.40. The Bertz CT molecular complexity index is 106. The average molecular weight is 207 g/mol. The van der Waals surface area contributed by atoms with Crippen molar-refractivity contribution in [2.24, 2.45) is 5.92 Å². The van der Waals surface area contributed by atoms with E-state index in [0.717, 1.165) is 12.3 Å². The van der Waals surface area contributed by atoms with Gasteiger partial charge in [-0.05, 0) is 18.8 Å². The molecule has 0 aliphatic rings. The maximum Gasteiger partial charge on any atom is 0.0610 e. The smallest absolute Gasteiger partial charge is 0.0610 e. The maximum absolute atomic E-state index is 5.92. The van der Waals surface area contributed by atoms with Crippen LogP contribution < -0.4 is 0 Å². The van der Waals surface area contributed by atoms with Crippen molar-refractivity contribution in [3.8, 4) is 0 Å². The van der Waals surface area contributed by atoms with E-state index < -0.39 is 0 Å². The zero-order valence-corrected chi connectivity index (χ0v) is 9.94. The van der Waals surface area contributed by atoms with Gasteiger partial charge >= 0.3 is 0 Å². The second-order valence-corrected chi connectivity index (χ2v) is 3.93. The van der Waals surface area contributed by atoms with E-state index in [-0.39, 0.29) is 0 Å². The van der Waals surface area contributed by atoms with E-state index in [2.05, 4.69) is 13.8 Å². The molecule has 0 radical (unpaired) electrons. The Morgan fingerprint density at radius 1 is 1.15 bits per heavy atom. The van der Waals surface area contributed by atoms with E-state index in [4.69, 9.17) is 16.3 Å². The minimum atomic E-state index is 0.373. The number of unbranched alkanes of at least 4 members (excludes halogenated alkanes) is 1. The standard InChI is InChI=1S/C11H23ClO/c1-4-6-8-11(13-3)10(9-12)7-5-2/h10-11H,4-9H2,1-3H3. The first kappa shape index (κ1) is 13.2. The predicted molar refractivity (Wildman–Crippen MR) is 59.4 cm³/mol. The van der Waals surface area contributed by atoms with E-state index in [0.29, 0.717) is 12.0 Å². The molecular formula is C11H23ClO. The largest absolute Gasteiger partial charge is 0.381 e. The van der Waals surface area contributed by atoms with Gasteiger partial charge in [0.1, 0.15) is 0 Å². The van der Waals surface area contributed by atoms with Gasteiger partial charge in [0.2, 0.25) is 0 Å². The predicted octanol–water partition coefficient (Wildman–Crippen LogP) is 3.85. The number of halogens is 1. The van der Waals surface area contributed by atoms with E-state index in [1.807, 2.05) is 0 Å². The highest BCUT2D eigenvalue weighted by molar-refractivity contribution is 6.18. The fourth-order valence-electron chi connectivity index (χ4n) is 1.68. The van der Waals surface area contributed by atoms with Crippen molar-refractivity contribution >= 4 is 11.6 Å². The van der Waals surface area contributed by atoms with Crippen LogP contribution in [0.1, 0.15) is 46.0 Å². The summed E-state index contributed by atoms with van der Waals surface area (Å²) < 4.78 is 5.47. The van der Waals surface area contributed by atoms with Crippen molar-refractivity contribution in [2.75, 3.05) is 13.0 Å². The molecule has 0 aliphatic heterocycles. The molecule has 2 unspecified atom stereocenters. The van der Waals surface area contributed by atoms with Crippen molar-refractivity contribution in [1.29, 1.82) is 0 Å². The van der Waals surface area contributed by atoms with Gasteiger partial charge < -0.3 is 4.74 Å². The molecule has 0 aliphatic carbocycles. The first-order valence-corrected chi connectivity index (χ1v) is 5.92. The lowest BCUT2D eigenvalue weighted by atomic mass is 9.95. The zero-order valence-electron chi connectivity index (χ0n) is 9.18. The number of rotatable bonds is 8. The lowest BCUT2D eigenvalue weighted by Crippen LogP contribution is -2.24. The molecule has 2 heteroatoms. The SMILES string of the molecule is CCCCC(OC)C(CCl)CCC. The summed E-state index contributed by atoms with van der Waals surface area (Å²) >= 11 is 5.92. The summed E-state index contributed by atoms with van der Waals surface area (Å²) in [6.45, 7) is 4.41. The van der Waals surface area contributed by atoms with Crippen LogP contribution in [0.5, 0.6) is 0 Å². The minimum Gasteiger partial charge on any atom is -0.381 e. The van der Waals surface area contributed by atoms with Crippen molar-refractivity contribution in [3.05, 3.63) is 0 Å². The number of ether oxygens (including phenoxy) is 1. The van der Waals surface area contributed by atoms with E-state index in [1.54, 1.807) is 7.11 Å². The van der Waals surface area contributed by atoms with E-state index >= 15 is 0 Å². The fourth-order valence-corrected chi connectivity index (χ4v) is 2.04. The molecule has 0 aromatic rings. The molecule has 0 saturated heterocycles. The first-order valence-electron chi connectivity index (χ1n) is 5.38. The highest BCUT2D eigenvalue weighted by atomic mass is 35.5. The van der Waals surface area contributed by atoms with Crippen LogP contribution in [0.3, 0.4) is 0 Å². The molecule has 0 N–H and O–H groups in total. The first-order chi connectivity index (χ1) is 6.29. The van der Waals surface area contributed by atoms with Crippen LogP contribution in [-0.2, 0) is 4.74 Å². The number of methoxy groups -OCH3 is 1. The van der Waals surface area contributed by atoms with Crippen LogP contribution >= 0.6 is 11.6 Å². The Balaban J connectivity index is 3.84. The molecule has 0 aromatic heterocycles. The topological polar surface area (TPSA) is 9.23 Å². The molecule has 1 nitrogen and oxygen atoms in total. The average Bonchev–Trinajstić information content (AvgIpc) is 2.17. The Labute approximate surface area is 87.8 Å². The van der Waals surface area contributed by atoms with Gasteiger partial charge in [-0.15, -0.1) is 11.6 Å². The molecule has 0 spiro atoms. The Morgan fingerprint density at radius 2 is 1.85 bits per heavy atom. The molecule has 0 aromatic carbocycles. The van der Waals surface area contributed by atoms with Crippen LogP contribution in [0.2, 0.25) is 0 Å². The Hall–Kier alpha value is 0.250. The summed E-state index contributed by atoms with van der Waals surface area (Å²) in [5.74, 6) is 1.28. The number of hydrogen-bond acceptors (Lipinski definition) is 1. The Morgan fingerprint density at radius 3 is 2.23 bits per heavy atom. The molecule has 0 saturated carbocycles. The van der Waals surface area contributed by atoms with Gasteiger partial charge in [-0.1, -0.05) is 33.1 Å². The molecular weight excluding hydrogens is 184 g/mol. The third-order valence-electron chi connectivity index (χ3n) is 2.53. The second-order valence-electron chi connectivity index (χ2n) is 3.62. The van der Waals surface area contributed by atoms with Gasteiger partial charge in [-0.3, -0.25) is 0 Å². The van der Waals surface area contributed by atoms with Gasteiger partial charge in [0.25, 0.3) is 0 Å². The molecule has 2 atom stereocenters. The summed E-state index contributed by atoms with van der Waals surface area (Å²) in [4.78, 5) is 0. The highest BCUT2D eigenvalue weighted by Gasteiger charge is 2.18. The van der Waals surface area contributed by atoms with Gasteiger partial charge in [-0.25, -0.2) is 0 Å². The molecule has 0 bridgehead atoms. The van der Waals surface area contributed by atoms with Crippen molar-refractivity contribution in [1.82, 2.24) is 0 Å². The van der Waals surface area contributed by atoms with Crippen molar-refractivity contribution < 1.29 is 4.74 Å². The quantitative estimate of drug-likeness (QED) is 0.549. The number of hydrogen-bond donors (Lipinski definition) is 0. The second kappa shape index (κ2) is 8.83. The van der Waals surface area contributed by atoms with E-state index in [1.165, 1.54) is 25.7 Å². The molecule has 0 fully saturated rings. The highest BCUT2D eigenvalue weighted by Crippen LogP contribution is 2.20. The molecule has 13 heavy (non-hydrogen) atoms. The van der Waals surface area contributed by atoms with Gasteiger partial charge in [-0.2, -0.15) is 0 Å². The van der Waals surface area contributed by atoms with Gasteiger partial charge in [0, 0.05) is 13.0 Å². The molecule has 0 rings (SSSR count). The molecule has 0 amide bonds. The summed E-state index contributed by atoms with van der Waals surface area (Å²) in [7, 11) is 1.80. The zero-order chi connectivity index (χ0) is 10.1. The lowest BCUT2D eigenvalue weighted by molar-refractivity contribution is 0.0480. The third kappa shape index (κ3) is 5.53. The third-order valence-corrected chi connectivity index (χ3v) is 2.92. The number of alkyl halides is 1. The van der Waals surface area contributed by atoms with Gasteiger partial charge in [0.15, 0.2) is 0 Å². The van der Waals surface area contributed by atoms with Gasteiger partial charge in [0.05, 0.1) is 6.10 Å². The fraction of sp³-hybridized carbons (Fsp3) is 1.00. The van der Waals surface area contributed by atoms with Crippen molar-refractivity contribution in [2.45, 2.75) is 52.1 Å². The Kier molecular flexibility index (Phi) is 9.00. The van der Waals surface area contributed by atoms with Crippen LogP contribution in [0.4, 0.5) is 0 Å². The molecule has 0 heterocycles. The summed E-state index contributed by atoms with van der Waals surface area (Å²) in [5, 5.41) is 0. The normalized spacial score (nSPS) is 15.7.